The van der Waals surface area contributed by atoms with Crippen LogP contribution in [0.5, 0.6) is 0 Å². The molecule has 1 aromatic rings. The Labute approximate surface area is 77.7 Å². The summed E-state index contributed by atoms with van der Waals surface area (Å²) in [6, 6.07) is 5.11. The first kappa shape index (κ1) is 8.38. The molecule has 0 unspecified atom stereocenters. The van der Waals surface area contributed by atoms with Crippen LogP contribution in [0.4, 0.5) is 5.69 Å². The lowest BCUT2D eigenvalue weighted by molar-refractivity contribution is 1.47. The summed E-state index contributed by atoms with van der Waals surface area (Å²) < 4.78 is 0.601. The van der Waals surface area contributed by atoms with Crippen LogP contribution in [0.1, 0.15) is 5.56 Å². The van der Waals surface area contributed by atoms with Gasteiger partial charge in [0.25, 0.3) is 0 Å². The second-order valence-electron chi connectivity index (χ2n) is 1.97. The van der Waals surface area contributed by atoms with E-state index in [2.05, 4.69) is 15.9 Å². The third-order valence-electron chi connectivity index (χ3n) is 1.19. The second kappa shape index (κ2) is 3.12. The van der Waals surface area contributed by atoms with Gasteiger partial charge in [0.2, 0.25) is 0 Å². The van der Waals surface area contributed by atoms with Crippen molar-refractivity contribution < 1.29 is 0 Å². The van der Waals surface area contributed by atoms with Gasteiger partial charge in [0.05, 0.1) is 10.0 Å². The summed E-state index contributed by atoms with van der Waals surface area (Å²) in [5.74, 6) is 0. The molecule has 0 aromatic heterocycles. The Hall–Kier alpha value is -0.720. The summed E-state index contributed by atoms with van der Waals surface area (Å²) in [5.41, 5.74) is 6.45. The molecule has 0 bridgehead atoms. The van der Waals surface area contributed by atoms with Gasteiger partial charge in [-0.1, -0.05) is 11.6 Å². The fourth-order valence-electron chi connectivity index (χ4n) is 0.692. The topological polar surface area (TPSA) is 49.8 Å². The summed E-state index contributed by atoms with van der Waals surface area (Å²) in [6.07, 6.45) is 0. The molecule has 0 aliphatic carbocycles. The molecule has 0 atom stereocenters. The van der Waals surface area contributed by atoms with Gasteiger partial charge in [0.1, 0.15) is 6.07 Å². The number of rotatable bonds is 0. The number of halogens is 2. The zero-order valence-electron chi connectivity index (χ0n) is 5.44. The van der Waals surface area contributed by atoms with Crippen molar-refractivity contribution in [2.75, 3.05) is 5.73 Å². The van der Waals surface area contributed by atoms with E-state index >= 15 is 0 Å². The molecule has 0 radical (unpaired) electrons. The zero-order chi connectivity index (χ0) is 8.43. The minimum atomic E-state index is 0.454. The summed E-state index contributed by atoms with van der Waals surface area (Å²) in [6.45, 7) is 0. The first-order valence-corrected chi connectivity index (χ1v) is 3.97. The van der Waals surface area contributed by atoms with Gasteiger partial charge in [-0.05, 0) is 28.1 Å². The van der Waals surface area contributed by atoms with Crippen molar-refractivity contribution in [2.24, 2.45) is 0 Å². The zero-order valence-corrected chi connectivity index (χ0v) is 7.78. The molecule has 1 rings (SSSR count). The van der Waals surface area contributed by atoms with Crippen LogP contribution in [-0.2, 0) is 0 Å². The average Bonchev–Trinajstić information content (AvgIpc) is 1.96. The summed E-state index contributed by atoms with van der Waals surface area (Å²) in [5, 5.41) is 9.05. The van der Waals surface area contributed by atoms with E-state index in [1.165, 1.54) is 0 Å². The van der Waals surface area contributed by atoms with Gasteiger partial charge in [0, 0.05) is 10.7 Å². The van der Waals surface area contributed by atoms with Gasteiger partial charge in [0.15, 0.2) is 0 Å². The molecule has 4 heteroatoms. The van der Waals surface area contributed by atoms with Gasteiger partial charge in [-0.3, -0.25) is 0 Å². The van der Waals surface area contributed by atoms with E-state index in [1.54, 1.807) is 12.1 Å². The van der Waals surface area contributed by atoms with E-state index < -0.39 is 0 Å². The van der Waals surface area contributed by atoms with E-state index in [1.807, 2.05) is 6.07 Å². The first-order valence-electron chi connectivity index (χ1n) is 2.79. The monoisotopic (exact) mass is 230 g/mol. The Bertz CT molecular complexity index is 330. The Balaban J connectivity index is 3.39. The van der Waals surface area contributed by atoms with Gasteiger partial charge < -0.3 is 5.73 Å². The van der Waals surface area contributed by atoms with Crippen molar-refractivity contribution in [3.8, 4) is 6.07 Å². The molecule has 0 heterocycles. The maximum absolute atomic E-state index is 8.57. The highest BCUT2D eigenvalue weighted by atomic mass is 79.9. The number of hydrogen-bond acceptors (Lipinski definition) is 2. The molecular formula is C7H4BrClN2. The van der Waals surface area contributed by atoms with Crippen LogP contribution in [0.25, 0.3) is 0 Å². The molecule has 11 heavy (non-hydrogen) atoms. The highest BCUT2D eigenvalue weighted by Gasteiger charge is 2.03. The predicted octanol–water partition coefficient (Wildman–Crippen LogP) is 2.56. The van der Waals surface area contributed by atoms with Crippen LogP contribution in [0.3, 0.4) is 0 Å². The van der Waals surface area contributed by atoms with Crippen LogP contribution >= 0.6 is 27.5 Å². The lowest BCUT2D eigenvalue weighted by atomic mass is 10.2. The summed E-state index contributed by atoms with van der Waals surface area (Å²) >= 11 is 8.82. The average molecular weight is 231 g/mol. The molecule has 0 amide bonds. The lowest BCUT2D eigenvalue weighted by Crippen LogP contribution is -1.89. The van der Waals surface area contributed by atoms with Crippen LogP contribution in [0.2, 0.25) is 5.02 Å². The van der Waals surface area contributed by atoms with Crippen molar-refractivity contribution in [2.45, 2.75) is 0 Å². The smallest absolute Gasteiger partial charge is 0.100 e. The van der Waals surface area contributed by atoms with Crippen LogP contribution in [-0.4, -0.2) is 0 Å². The highest BCUT2D eigenvalue weighted by molar-refractivity contribution is 9.10. The molecule has 0 aliphatic rings. The van der Waals surface area contributed by atoms with Crippen LogP contribution < -0.4 is 5.73 Å². The molecule has 2 N–H and O–H groups in total. The number of nitriles is 1. The predicted molar refractivity (Wildman–Crippen MR) is 48.3 cm³/mol. The molecule has 0 saturated heterocycles. The molecule has 0 fully saturated rings. The largest absolute Gasteiger partial charge is 0.398 e. The van der Waals surface area contributed by atoms with Gasteiger partial charge in [-0.2, -0.15) is 5.26 Å². The van der Waals surface area contributed by atoms with E-state index in [0.717, 1.165) is 0 Å². The minimum Gasteiger partial charge on any atom is -0.398 e. The summed E-state index contributed by atoms with van der Waals surface area (Å²) in [7, 11) is 0. The molecule has 1 aromatic carbocycles. The molecular weight excluding hydrogens is 227 g/mol. The number of nitrogen functional groups attached to an aromatic ring is 1. The molecule has 0 aliphatic heterocycles. The number of nitrogens with two attached hydrogens (primary N) is 1. The highest BCUT2D eigenvalue weighted by Crippen LogP contribution is 2.27. The third kappa shape index (κ3) is 1.65. The normalized spacial score (nSPS) is 9.18. The molecule has 0 saturated carbocycles. The van der Waals surface area contributed by atoms with E-state index in [0.29, 0.717) is 20.7 Å². The lowest BCUT2D eigenvalue weighted by Gasteiger charge is -1.99. The quantitative estimate of drug-likeness (QED) is 0.698. The maximum Gasteiger partial charge on any atom is 0.100 e. The van der Waals surface area contributed by atoms with Gasteiger partial charge in [-0.25, -0.2) is 0 Å². The molecule has 2 nitrogen and oxygen atoms in total. The van der Waals surface area contributed by atoms with Crippen molar-refractivity contribution in [1.82, 2.24) is 0 Å². The summed E-state index contributed by atoms with van der Waals surface area (Å²) in [4.78, 5) is 0. The third-order valence-corrected chi connectivity index (χ3v) is 2.29. The van der Waals surface area contributed by atoms with Gasteiger partial charge in [-0.15, -0.1) is 0 Å². The Kier molecular flexibility index (Phi) is 2.38. The van der Waals surface area contributed by atoms with E-state index in [-0.39, 0.29) is 0 Å². The first-order chi connectivity index (χ1) is 5.15. The number of nitrogens with zero attached hydrogens (tertiary/aromatic N) is 1. The second-order valence-corrected chi connectivity index (χ2v) is 3.20. The van der Waals surface area contributed by atoms with Crippen molar-refractivity contribution >= 4 is 33.2 Å². The number of hydrogen-bond donors (Lipinski definition) is 1. The number of anilines is 1. The fourth-order valence-corrected chi connectivity index (χ4v) is 1.24. The SMILES string of the molecule is N#Cc1cc(Cl)cc(N)c1Br. The van der Waals surface area contributed by atoms with Crippen molar-refractivity contribution in [3.05, 3.63) is 27.2 Å². The maximum atomic E-state index is 8.57. The standard InChI is InChI=1S/C7H4BrClN2/c8-7-4(3-10)1-5(9)2-6(7)11/h1-2H,11H2. The Morgan fingerprint density at radius 1 is 1.55 bits per heavy atom. The number of benzene rings is 1. The van der Waals surface area contributed by atoms with E-state index in [4.69, 9.17) is 22.6 Å². The van der Waals surface area contributed by atoms with Crippen LogP contribution in [0, 0.1) is 11.3 Å². The Morgan fingerprint density at radius 2 is 2.18 bits per heavy atom. The van der Waals surface area contributed by atoms with Crippen molar-refractivity contribution in [1.29, 1.82) is 5.26 Å². The Morgan fingerprint density at radius 3 is 2.73 bits per heavy atom. The van der Waals surface area contributed by atoms with Gasteiger partial charge >= 0.3 is 0 Å². The molecule has 56 valence electrons. The van der Waals surface area contributed by atoms with Crippen molar-refractivity contribution in [3.63, 3.8) is 0 Å². The molecule has 0 spiro atoms. The fraction of sp³-hybridized carbons (Fsp3) is 0. The van der Waals surface area contributed by atoms with Crippen LogP contribution in [0.15, 0.2) is 16.6 Å². The minimum absolute atomic E-state index is 0.454. The van der Waals surface area contributed by atoms with E-state index in [9.17, 15) is 0 Å².